The average Bonchev–Trinajstić information content (AvgIpc) is 2.50. The molecule has 0 fully saturated rings. The first-order chi connectivity index (χ1) is 10.2. The van der Waals surface area contributed by atoms with Crippen molar-refractivity contribution in [3.05, 3.63) is 64.1 Å². The largest absolute Gasteiger partial charge is 0.338 e. The summed E-state index contributed by atoms with van der Waals surface area (Å²) in [6.45, 7) is 2.69. The van der Waals surface area contributed by atoms with Crippen LogP contribution in [0.4, 0.5) is 10.5 Å². The Morgan fingerprint density at radius 2 is 1.81 bits per heavy atom. The minimum atomic E-state index is -0.159. The van der Waals surface area contributed by atoms with Crippen LogP contribution in [0.5, 0.6) is 0 Å². The maximum absolute atomic E-state index is 11.9. The van der Waals surface area contributed by atoms with Crippen LogP contribution < -0.4 is 10.6 Å². The molecule has 0 aliphatic rings. The number of halogens is 1. The summed E-state index contributed by atoms with van der Waals surface area (Å²) < 4.78 is 1.06. The zero-order valence-electron chi connectivity index (χ0n) is 12.0. The second kappa shape index (κ2) is 7.84. The standard InChI is InChI=1S/C17H19BrN2O/c1-2-14-5-3-4-6-16(14)20-17(21)19-12-11-13-7-9-15(18)10-8-13/h3-10H,2,11-12H2,1H3,(H2,19,20,21). The van der Waals surface area contributed by atoms with Crippen molar-refractivity contribution in [1.29, 1.82) is 0 Å². The van der Waals surface area contributed by atoms with Gasteiger partial charge >= 0.3 is 6.03 Å². The van der Waals surface area contributed by atoms with Crippen molar-refractivity contribution in [1.82, 2.24) is 5.32 Å². The van der Waals surface area contributed by atoms with Crippen LogP contribution in [0.2, 0.25) is 0 Å². The van der Waals surface area contributed by atoms with Gasteiger partial charge in [0.25, 0.3) is 0 Å². The number of hydrogen-bond acceptors (Lipinski definition) is 1. The van der Waals surface area contributed by atoms with Gasteiger partial charge in [-0.15, -0.1) is 0 Å². The van der Waals surface area contributed by atoms with Crippen LogP contribution in [0.15, 0.2) is 53.0 Å². The smallest absolute Gasteiger partial charge is 0.319 e. The molecule has 0 saturated carbocycles. The molecule has 0 aromatic heterocycles. The quantitative estimate of drug-likeness (QED) is 0.828. The lowest BCUT2D eigenvalue weighted by Crippen LogP contribution is -2.30. The number of carbonyl (C=O) groups is 1. The summed E-state index contributed by atoms with van der Waals surface area (Å²) in [5, 5.41) is 5.78. The number of rotatable bonds is 5. The van der Waals surface area contributed by atoms with Gasteiger partial charge in [-0.1, -0.05) is 53.2 Å². The topological polar surface area (TPSA) is 41.1 Å². The molecule has 0 heterocycles. The number of aryl methyl sites for hydroxylation is 1. The molecule has 21 heavy (non-hydrogen) atoms. The highest BCUT2D eigenvalue weighted by Crippen LogP contribution is 2.15. The molecule has 0 saturated heterocycles. The van der Waals surface area contributed by atoms with Gasteiger partial charge in [0.05, 0.1) is 0 Å². The summed E-state index contributed by atoms with van der Waals surface area (Å²) in [7, 11) is 0. The van der Waals surface area contributed by atoms with Gasteiger partial charge in [0.1, 0.15) is 0 Å². The van der Waals surface area contributed by atoms with E-state index < -0.39 is 0 Å². The first kappa shape index (κ1) is 15.6. The van der Waals surface area contributed by atoms with Gasteiger partial charge in [-0.2, -0.15) is 0 Å². The lowest BCUT2D eigenvalue weighted by atomic mass is 10.1. The molecule has 0 atom stereocenters. The number of anilines is 1. The summed E-state index contributed by atoms with van der Waals surface area (Å²) in [6.07, 6.45) is 1.71. The van der Waals surface area contributed by atoms with Crippen molar-refractivity contribution < 1.29 is 4.79 Å². The minimum Gasteiger partial charge on any atom is -0.338 e. The fraction of sp³-hybridized carbons (Fsp3) is 0.235. The Labute approximate surface area is 133 Å². The Morgan fingerprint density at radius 1 is 1.10 bits per heavy atom. The number of nitrogens with one attached hydrogen (secondary N) is 2. The van der Waals surface area contributed by atoms with Crippen molar-refractivity contribution in [2.24, 2.45) is 0 Å². The molecule has 2 rings (SSSR count). The summed E-state index contributed by atoms with van der Waals surface area (Å²) in [5.74, 6) is 0. The Bertz CT molecular complexity index is 596. The van der Waals surface area contributed by atoms with Crippen molar-refractivity contribution in [3.8, 4) is 0 Å². The predicted octanol–water partition coefficient (Wildman–Crippen LogP) is 4.38. The van der Waals surface area contributed by atoms with Gasteiger partial charge in [0.15, 0.2) is 0 Å². The molecule has 110 valence electrons. The lowest BCUT2D eigenvalue weighted by molar-refractivity contribution is 0.252. The summed E-state index contributed by atoms with van der Waals surface area (Å²) in [4.78, 5) is 11.9. The molecule has 0 unspecified atom stereocenters. The molecule has 0 bridgehead atoms. The van der Waals surface area contributed by atoms with E-state index in [1.165, 1.54) is 5.56 Å². The van der Waals surface area contributed by atoms with Crippen LogP contribution in [0.1, 0.15) is 18.1 Å². The highest BCUT2D eigenvalue weighted by Gasteiger charge is 2.04. The molecule has 0 spiro atoms. The highest BCUT2D eigenvalue weighted by molar-refractivity contribution is 9.10. The maximum Gasteiger partial charge on any atom is 0.319 e. The third-order valence-corrected chi connectivity index (χ3v) is 3.79. The Hall–Kier alpha value is -1.81. The average molecular weight is 347 g/mol. The van der Waals surface area contributed by atoms with E-state index in [-0.39, 0.29) is 6.03 Å². The van der Waals surface area contributed by atoms with E-state index in [2.05, 4.69) is 45.6 Å². The molecular weight excluding hydrogens is 328 g/mol. The van der Waals surface area contributed by atoms with E-state index in [0.29, 0.717) is 6.54 Å². The Kier molecular flexibility index (Phi) is 5.81. The summed E-state index contributed by atoms with van der Waals surface area (Å²) in [6, 6.07) is 15.8. The Morgan fingerprint density at radius 3 is 2.52 bits per heavy atom. The molecule has 2 N–H and O–H groups in total. The second-order valence-electron chi connectivity index (χ2n) is 4.77. The number of urea groups is 1. The van der Waals surface area contributed by atoms with Crippen LogP contribution in [0, 0.1) is 0 Å². The van der Waals surface area contributed by atoms with Crippen LogP contribution >= 0.6 is 15.9 Å². The molecule has 4 heteroatoms. The van der Waals surface area contributed by atoms with E-state index in [1.54, 1.807) is 0 Å². The van der Waals surface area contributed by atoms with Gasteiger partial charge < -0.3 is 10.6 Å². The summed E-state index contributed by atoms with van der Waals surface area (Å²) in [5.41, 5.74) is 3.22. The third kappa shape index (κ3) is 4.90. The number of benzene rings is 2. The van der Waals surface area contributed by atoms with E-state index in [9.17, 15) is 4.79 Å². The molecule has 2 amide bonds. The van der Waals surface area contributed by atoms with Crippen LogP contribution in [0.3, 0.4) is 0 Å². The normalized spacial score (nSPS) is 10.2. The number of carbonyl (C=O) groups excluding carboxylic acids is 1. The van der Waals surface area contributed by atoms with Gasteiger partial charge in [-0.3, -0.25) is 0 Å². The van der Waals surface area contributed by atoms with Crippen LogP contribution in [-0.4, -0.2) is 12.6 Å². The molecule has 0 aliphatic carbocycles. The number of hydrogen-bond donors (Lipinski definition) is 2. The van der Waals surface area contributed by atoms with Gasteiger partial charge in [0.2, 0.25) is 0 Å². The molecule has 3 nitrogen and oxygen atoms in total. The van der Waals surface area contributed by atoms with Crippen molar-refractivity contribution in [2.75, 3.05) is 11.9 Å². The first-order valence-corrected chi connectivity index (χ1v) is 7.85. The minimum absolute atomic E-state index is 0.159. The Balaban J connectivity index is 1.81. The molecule has 2 aromatic rings. The van der Waals surface area contributed by atoms with E-state index in [1.807, 2.05) is 36.4 Å². The van der Waals surface area contributed by atoms with E-state index >= 15 is 0 Å². The first-order valence-electron chi connectivity index (χ1n) is 7.06. The number of para-hydroxylation sites is 1. The SMILES string of the molecule is CCc1ccccc1NC(=O)NCCc1ccc(Br)cc1. The van der Waals surface area contributed by atoms with E-state index in [4.69, 9.17) is 0 Å². The van der Waals surface area contributed by atoms with Crippen molar-refractivity contribution in [2.45, 2.75) is 19.8 Å². The molecule has 0 radical (unpaired) electrons. The maximum atomic E-state index is 11.9. The number of amides is 2. The lowest BCUT2D eigenvalue weighted by Gasteiger charge is -2.11. The monoisotopic (exact) mass is 346 g/mol. The fourth-order valence-corrected chi connectivity index (χ4v) is 2.35. The zero-order chi connectivity index (χ0) is 15.1. The van der Waals surface area contributed by atoms with Crippen LogP contribution in [0.25, 0.3) is 0 Å². The fourth-order valence-electron chi connectivity index (χ4n) is 2.09. The zero-order valence-corrected chi connectivity index (χ0v) is 13.6. The van der Waals surface area contributed by atoms with Gasteiger partial charge in [0, 0.05) is 16.7 Å². The highest BCUT2D eigenvalue weighted by atomic mass is 79.9. The van der Waals surface area contributed by atoms with E-state index in [0.717, 1.165) is 28.6 Å². The predicted molar refractivity (Wildman–Crippen MR) is 90.7 cm³/mol. The van der Waals surface area contributed by atoms with Gasteiger partial charge in [-0.25, -0.2) is 4.79 Å². The second-order valence-corrected chi connectivity index (χ2v) is 5.68. The van der Waals surface area contributed by atoms with Crippen LogP contribution in [-0.2, 0) is 12.8 Å². The summed E-state index contributed by atoms with van der Waals surface area (Å²) >= 11 is 3.41. The van der Waals surface area contributed by atoms with Crippen molar-refractivity contribution in [3.63, 3.8) is 0 Å². The van der Waals surface area contributed by atoms with Crippen molar-refractivity contribution >= 4 is 27.6 Å². The molecule has 0 aliphatic heterocycles. The third-order valence-electron chi connectivity index (χ3n) is 3.26. The molecule has 2 aromatic carbocycles. The molecular formula is C17H19BrN2O. The van der Waals surface area contributed by atoms with Gasteiger partial charge in [-0.05, 0) is 42.2 Å².